The molecule has 2 rings (SSSR count). The Morgan fingerprint density at radius 3 is 3.00 bits per heavy atom. The molecule has 1 aromatic rings. The van der Waals surface area contributed by atoms with Crippen molar-refractivity contribution in [2.24, 2.45) is 0 Å². The molecule has 0 radical (unpaired) electrons. The standard InChI is InChI=1S/C13H17Cl2NO/c14-10-5-6-12(15)13(9-10)17-8-2-4-11-3-1-7-16-11/h5-6,9,11,16H,1-4,7-8H2. The molecule has 0 saturated carbocycles. The lowest BCUT2D eigenvalue weighted by Gasteiger charge is -2.11. The molecule has 1 heterocycles. The van der Waals surface area contributed by atoms with Gasteiger partial charge in [0.2, 0.25) is 0 Å². The summed E-state index contributed by atoms with van der Waals surface area (Å²) in [6, 6.07) is 5.96. The Bertz CT molecular complexity index is 364. The van der Waals surface area contributed by atoms with Crippen LogP contribution in [0.15, 0.2) is 18.2 Å². The first-order chi connectivity index (χ1) is 8.25. The molecule has 0 aliphatic carbocycles. The van der Waals surface area contributed by atoms with E-state index in [1.807, 2.05) is 0 Å². The lowest BCUT2D eigenvalue weighted by Crippen LogP contribution is -2.21. The van der Waals surface area contributed by atoms with Crippen molar-refractivity contribution in [2.45, 2.75) is 31.7 Å². The maximum atomic E-state index is 6.01. The molecular formula is C13H17Cl2NO. The smallest absolute Gasteiger partial charge is 0.139 e. The summed E-state index contributed by atoms with van der Waals surface area (Å²) in [5.74, 6) is 0.679. The number of nitrogens with one attached hydrogen (secondary N) is 1. The van der Waals surface area contributed by atoms with Gasteiger partial charge in [0.25, 0.3) is 0 Å². The van der Waals surface area contributed by atoms with Crippen LogP contribution in [0.3, 0.4) is 0 Å². The van der Waals surface area contributed by atoms with Crippen LogP contribution in [0.4, 0.5) is 0 Å². The number of halogens is 2. The van der Waals surface area contributed by atoms with Crippen molar-refractivity contribution in [1.82, 2.24) is 5.32 Å². The Balaban J connectivity index is 1.72. The molecule has 0 amide bonds. The van der Waals surface area contributed by atoms with Gasteiger partial charge in [-0.25, -0.2) is 0 Å². The zero-order chi connectivity index (χ0) is 12.1. The van der Waals surface area contributed by atoms with E-state index in [4.69, 9.17) is 27.9 Å². The highest BCUT2D eigenvalue weighted by Gasteiger charge is 2.13. The highest BCUT2D eigenvalue weighted by Crippen LogP contribution is 2.27. The summed E-state index contributed by atoms with van der Waals surface area (Å²) in [5, 5.41) is 4.75. The van der Waals surface area contributed by atoms with Crippen molar-refractivity contribution >= 4 is 23.2 Å². The largest absolute Gasteiger partial charge is 0.492 e. The van der Waals surface area contributed by atoms with Crippen molar-refractivity contribution in [3.8, 4) is 5.75 Å². The summed E-state index contributed by atoms with van der Waals surface area (Å²) >= 11 is 11.9. The average Bonchev–Trinajstić information content (AvgIpc) is 2.82. The van der Waals surface area contributed by atoms with E-state index >= 15 is 0 Å². The van der Waals surface area contributed by atoms with Gasteiger partial charge in [0, 0.05) is 17.1 Å². The van der Waals surface area contributed by atoms with Crippen LogP contribution in [0, 0.1) is 0 Å². The highest BCUT2D eigenvalue weighted by atomic mass is 35.5. The first-order valence-corrected chi connectivity index (χ1v) is 6.82. The Morgan fingerprint density at radius 1 is 1.35 bits per heavy atom. The van der Waals surface area contributed by atoms with Crippen LogP contribution in [0.1, 0.15) is 25.7 Å². The third-order valence-electron chi connectivity index (χ3n) is 3.01. The third-order valence-corrected chi connectivity index (χ3v) is 3.56. The van der Waals surface area contributed by atoms with E-state index in [1.165, 1.54) is 12.8 Å². The van der Waals surface area contributed by atoms with Crippen LogP contribution < -0.4 is 10.1 Å². The Kier molecular flexibility index (Phi) is 4.96. The third kappa shape index (κ3) is 4.06. The maximum absolute atomic E-state index is 6.01. The van der Waals surface area contributed by atoms with E-state index in [0.29, 0.717) is 28.4 Å². The van der Waals surface area contributed by atoms with E-state index in [2.05, 4.69) is 5.32 Å². The molecule has 1 atom stereocenters. The molecule has 1 unspecified atom stereocenters. The molecule has 1 aliphatic heterocycles. The molecule has 17 heavy (non-hydrogen) atoms. The van der Waals surface area contributed by atoms with Gasteiger partial charge in [-0.2, -0.15) is 0 Å². The molecule has 0 bridgehead atoms. The van der Waals surface area contributed by atoms with Crippen LogP contribution >= 0.6 is 23.2 Å². The summed E-state index contributed by atoms with van der Waals surface area (Å²) in [4.78, 5) is 0. The lowest BCUT2D eigenvalue weighted by molar-refractivity contribution is 0.299. The van der Waals surface area contributed by atoms with Crippen LogP contribution in [0.5, 0.6) is 5.75 Å². The van der Waals surface area contributed by atoms with E-state index in [1.54, 1.807) is 18.2 Å². The zero-order valence-electron chi connectivity index (χ0n) is 9.72. The zero-order valence-corrected chi connectivity index (χ0v) is 11.2. The van der Waals surface area contributed by atoms with Crippen LogP contribution in [-0.4, -0.2) is 19.2 Å². The van der Waals surface area contributed by atoms with Gasteiger partial charge < -0.3 is 10.1 Å². The summed E-state index contributed by atoms with van der Waals surface area (Å²) < 4.78 is 5.63. The number of rotatable bonds is 5. The second kappa shape index (κ2) is 6.48. The quantitative estimate of drug-likeness (QED) is 0.822. The van der Waals surface area contributed by atoms with Gasteiger partial charge in [-0.05, 0) is 44.4 Å². The van der Waals surface area contributed by atoms with E-state index in [9.17, 15) is 0 Å². The van der Waals surface area contributed by atoms with E-state index in [0.717, 1.165) is 19.4 Å². The van der Waals surface area contributed by atoms with Crippen LogP contribution in [0.2, 0.25) is 10.0 Å². The molecular weight excluding hydrogens is 257 g/mol. The molecule has 0 spiro atoms. The minimum Gasteiger partial charge on any atom is -0.492 e. The van der Waals surface area contributed by atoms with Crippen molar-refractivity contribution in [3.63, 3.8) is 0 Å². The first-order valence-electron chi connectivity index (χ1n) is 6.07. The summed E-state index contributed by atoms with van der Waals surface area (Å²) in [7, 11) is 0. The predicted molar refractivity (Wildman–Crippen MR) is 72.2 cm³/mol. The summed E-state index contributed by atoms with van der Waals surface area (Å²) in [6.45, 7) is 1.85. The maximum Gasteiger partial charge on any atom is 0.139 e. The minimum atomic E-state index is 0.619. The Hall–Kier alpha value is -0.440. The van der Waals surface area contributed by atoms with Gasteiger partial charge in [-0.3, -0.25) is 0 Å². The van der Waals surface area contributed by atoms with Crippen molar-refractivity contribution in [1.29, 1.82) is 0 Å². The van der Waals surface area contributed by atoms with Gasteiger partial charge in [-0.15, -0.1) is 0 Å². The summed E-state index contributed by atoms with van der Waals surface area (Å²) in [6.07, 6.45) is 4.79. The van der Waals surface area contributed by atoms with Gasteiger partial charge in [0.15, 0.2) is 0 Å². The molecule has 1 fully saturated rings. The number of benzene rings is 1. The van der Waals surface area contributed by atoms with Gasteiger partial charge in [-0.1, -0.05) is 23.2 Å². The molecule has 4 heteroatoms. The van der Waals surface area contributed by atoms with Crippen molar-refractivity contribution in [2.75, 3.05) is 13.2 Å². The molecule has 2 nitrogen and oxygen atoms in total. The molecule has 94 valence electrons. The fourth-order valence-electron chi connectivity index (χ4n) is 2.10. The fraction of sp³-hybridized carbons (Fsp3) is 0.538. The van der Waals surface area contributed by atoms with E-state index in [-0.39, 0.29) is 0 Å². The second-order valence-electron chi connectivity index (χ2n) is 4.36. The van der Waals surface area contributed by atoms with Crippen LogP contribution in [0.25, 0.3) is 0 Å². The first kappa shape index (κ1) is 13.0. The molecule has 0 aromatic heterocycles. The molecule has 1 saturated heterocycles. The number of ether oxygens (including phenoxy) is 1. The van der Waals surface area contributed by atoms with Gasteiger partial charge in [0.05, 0.1) is 11.6 Å². The van der Waals surface area contributed by atoms with Crippen LogP contribution in [-0.2, 0) is 0 Å². The molecule has 1 N–H and O–H groups in total. The SMILES string of the molecule is Clc1ccc(Cl)c(OCCCC2CCCN2)c1. The van der Waals surface area contributed by atoms with Crippen molar-refractivity contribution in [3.05, 3.63) is 28.2 Å². The van der Waals surface area contributed by atoms with Crippen molar-refractivity contribution < 1.29 is 4.74 Å². The number of hydrogen-bond donors (Lipinski definition) is 1. The topological polar surface area (TPSA) is 21.3 Å². The highest BCUT2D eigenvalue weighted by molar-refractivity contribution is 6.34. The monoisotopic (exact) mass is 273 g/mol. The minimum absolute atomic E-state index is 0.619. The summed E-state index contributed by atoms with van der Waals surface area (Å²) in [5.41, 5.74) is 0. The predicted octanol–water partition coefficient (Wildman–Crippen LogP) is 3.90. The van der Waals surface area contributed by atoms with Gasteiger partial charge >= 0.3 is 0 Å². The second-order valence-corrected chi connectivity index (χ2v) is 5.20. The fourth-order valence-corrected chi connectivity index (χ4v) is 2.44. The Morgan fingerprint density at radius 2 is 2.24 bits per heavy atom. The molecule has 1 aromatic carbocycles. The normalized spacial score (nSPS) is 19.5. The lowest BCUT2D eigenvalue weighted by atomic mass is 10.1. The Labute approximate surface area is 112 Å². The van der Waals surface area contributed by atoms with E-state index < -0.39 is 0 Å². The van der Waals surface area contributed by atoms with Gasteiger partial charge in [0.1, 0.15) is 5.75 Å². The average molecular weight is 274 g/mol. The number of hydrogen-bond acceptors (Lipinski definition) is 2. The molecule has 1 aliphatic rings.